The Bertz CT molecular complexity index is 660. The second-order valence-electron chi connectivity index (χ2n) is 7.13. The predicted molar refractivity (Wildman–Crippen MR) is 98.9 cm³/mol. The van der Waals surface area contributed by atoms with E-state index in [1.165, 1.54) is 0 Å². The third-order valence-corrected chi connectivity index (χ3v) is 4.29. The minimum Gasteiger partial charge on any atom is -0.481 e. The molecule has 7 nitrogen and oxygen atoms in total. The molecule has 26 heavy (non-hydrogen) atoms. The van der Waals surface area contributed by atoms with E-state index in [1.807, 2.05) is 13.8 Å². The van der Waals surface area contributed by atoms with Crippen LogP contribution in [-0.2, 0) is 16.0 Å². The number of carboxylic acids is 1. The summed E-state index contributed by atoms with van der Waals surface area (Å²) in [5.41, 5.74) is 1.21. The summed E-state index contributed by atoms with van der Waals surface area (Å²) in [4.78, 5) is 37.3. The fourth-order valence-electron chi connectivity index (χ4n) is 2.96. The third-order valence-electron chi connectivity index (χ3n) is 4.29. The molecular formula is C19H27N3O4. The Labute approximate surface area is 153 Å². The molecule has 0 aliphatic carbocycles. The number of urea groups is 1. The second-order valence-corrected chi connectivity index (χ2v) is 7.13. The Morgan fingerprint density at radius 3 is 2.77 bits per heavy atom. The van der Waals surface area contributed by atoms with Crippen molar-refractivity contribution >= 4 is 23.6 Å². The van der Waals surface area contributed by atoms with E-state index in [-0.39, 0.29) is 24.3 Å². The van der Waals surface area contributed by atoms with Crippen LogP contribution < -0.4 is 10.6 Å². The summed E-state index contributed by atoms with van der Waals surface area (Å²) in [6.07, 6.45) is 1.43. The summed E-state index contributed by atoms with van der Waals surface area (Å²) < 4.78 is 0. The van der Waals surface area contributed by atoms with Crippen molar-refractivity contribution in [3.05, 3.63) is 29.8 Å². The van der Waals surface area contributed by atoms with Crippen molar-refractivity contribution in [2.45, 2.75) is 33.1 Å². The lowest BCUT2D eigenvalue weighted by atomic mass is 9.97. The Kier molecular flexibility index (Phi) is 7.00. The Hall–Kier alpha value is -2.57. The molecule has 3 amide bonds. The standard InChI is InChI=1S/C19H27N3O4/c1-13(2)11-20-19(26)22-8-4-6-15(12-22)18(25)21-16-7-3-5-14(9-16)10-17(23)24/h3,5,7,9,13,15H,4,6,8,10-12H2,1-2H3,(H,20,26)(H,21,25)(H,23,24). The fourth-order valence-corrected chi connectivity index (χ4v) is 2.96. The van der Waals surface area contributed by atoms with Gasteiger partial charge in [-0.25, -0.2) is 4.79 Å². The van der Waals surface area contributed by atoms with Crippen molar-refractivity contribution < 1.29 is 19.5 Å². The van der Waals surface area contributed by atoms with Crippen LogP contribution in [0.25, 0.3) is 0 Å². The lowest BCUT2D eigenvalue weighted by Gasteiger charge is -2.32. The number of carbonyl (C=O) groups is 3. The maximum Gasteiger partial charge on any atom is 0.317 e. The molecular weight excluding hydrogens is 334 g/mol. The minimum absolute atomic E-state index is 0.0864. The van der Waals surface area contributed by atoms with Crippen LogP contribution in [0.5, 0.6) is 0 Å². The first kappa shape index (κ1) is 19.8. The number of piperidine rings is 1. The molecule has 1 aliphatic heterocycles. The van der Waals surface area contributed by atoms with Gasteiger partial charge in [-0.2, -0.15) is 0 Å². The first-order valence-electron chi connectivity index (χ1n) is 8.99. The van der Waals surface area contributed by atoms with Crippen LogP contribution in [0.4, 0.5) is 10.5 Å². The van der Waals surface area contributed by atoms with Crippen LogP contribution in [0.3, 0.4) is 0 Å². The zero-order valence-electron chi connectivity index (χ0n) is 15.3. The topological polar surface area (TPSA) is 98.7 Å². The molecule has 7 heteroatoms. The number of carbonyl (C=O) groups excluding carboxylic acids is 2. The van der Waals surface area contributed by atoms with Crippen molar-refractivity contribution in [3.8, 4) is 0 Å². The SMILES string of the molecule is CC(C)CNC(=O)N1CCCC(C(=O)Nc2cccc(CC(=O)O)c2)C1. The molecule has 1 fully saturated rings. The smallest absolute Gasteiger partial charge is 0.317 e. The van der Waals surface area contributed by atoms with Gasteiger partial charge in [0.05, 0.1) is 12.3 Å². The van der Waals surface area contributed by atoms with Gasteiger partial charge in [0.1, 0.15) is 0 Å². The van der Waals surface area contributed by atoms with E-state index in [0.717, 1.165) is 12.8 Å². The first-order chi connectivity index (χ1) is 12.3. The van der Waals surface area contributed by atoms with Gasteiger partial charge in [0.15, 0.2) is 0 Å². The van der Waals surface area contributed by atoms with E-state index in [2.05, 4.69) is 10.6 Å². The van der Waals surface area contributed by atoms with Crippen LogP contribution in [0.1, 0.15) is 32.3 Å². The molecule has 1 saturated heterocycles. The van der Waals surface area contributed by atoms with Crippen LogP contribution in [0.2, 0.25) is 0 Å². The van der Waals surface area contributed by atoms with Crippen LogP contribution in [0.15, 0.2) is 24.3 Å². The highest BCUT2D eigenvalue weighted by Gasteiger charge is 2.28. The molecule has 142 valence electrons. The summed E-state index contributed by atoms with van der Waals surface area (Å²) in [5, 5.41) is 14.6. The van der Waals surface area contributed by atoms with Gasteiger partial charge in [0.2, 0.25) is 5.91 Å². The minimum atomic E-state index is -0.913. The van der Waals surface area contributed by atoms with Crippen molar-refractivity contribution in [3.63, 3.8) is 0 Å². The number of hydrogen-bond acceptors (Lipinski definition) is 3. The van der Waals surface area contributed by atoms with Crippen molar-refractivity contribution in [2.24, 2.45) is 11.8 Å². The molecule has 1 heterocycles. The van der Waals surface area contributed by atoms with E-state index in [1.54, 1.807) is 29.2 Å². The van der Waals surface area contributed by atoms with Crippen LogP contribution in [0, 0.1) is 11.8 Å². The lowest BCUT2D eigenvalue weighted by molar-refractivity contribution is -0.136. The maximum atomic E-state index is 12.5. The van der Waals surface area contributed by atoms with Crippen LogP contribution in [-0.4, -0.2) is 47.5 Å². The molecule has 1 aromatic rings. The average molecular weight is 361 g/mol. The molecule has 2 rings (SSSR count). The quantitative estimate of drug-likeness (QED) is 0.724. The zero-order chi connectivity index (χ0) is 19.1. The summed E-state index contributed by atoms with van der Waals surface area (Å²) in [7, 11) is 0. The summed E-state index contributed by atoms with van der Waals surface area (Å²) >= 11 is 0. The second kappa shape index (κ2) is 9.22. The fraction of sp³-hybridized carbons (Fsp3) is 0.526. The van der Waals surface area contributed by atoms with Crippen molar-refractivity contribution in [2.75, 3.05) is 25.0 Å². The highest BCUT2D eigenvalue weighted by molar-refractivity contribution is 5.93. The number of benzene rings is 1. The summed E-state index contributed by atoms with van der Waals surface area (Å²) in [5.74, 6) is -0.944. The molecule has 3 N–H and O–H groups in total. The number of nitrogens with zero attached hydrogens (tertiary/aromatic N) is 1. The van der Waals surface area contributed by atoms with Crippen molar-refractivity contribution in [1.82, 2.24) is 10.2 Å². The van der Waals surface area contributed by atoms with E-state index in [0.29, 0.717) is 36.8 Å². The van der Waals surface area contributed by atoms with Gasteiger partial charge in [-0.15, -0.1) is 0 Å². The van der Waals surface area contributed by atoms with Gasteiger partial charge >= 0.3 is 12.0 Å². The van der Waals surface area contributed by atoms with Gasteiger partial charge in [-0.05, 0) is 36.5 Å². The highest BCUT2D eigenvalue weighted by Crippen LogP contribution is 2.19. The molecule has 1 aliphatic rings. The highest BCUT2D eigenvalue weighted by atomic mass is 16.4. The van der Waals surface area contributed by atoms with E-state index >= 15 is 0 Å². The number of likely N-dealkylation sites (tertiary alicyclic amines) is 1. The maximum absolute atomic E-state index is 12.5. The van der Waals surface area contributed by atoms with Gasteiger partial charge < -0.3 is 20.6 Å². The summed E-state index contributed by atoms with van der Waals surface area (Å²) in [6, 6.07) is 6.71. The summed E-state index contributed by atoms with van der Waals surface area (Å²) in [6.45, 7) is 5.73. The van der Waals surface area contributed by atoms with E-state index in [4.69, 9.17) is 5.11 Å². The molecule has 0 spiro atoms. The molecule has 1 atom stereocenters. The number of carboxylic acid groups (broad SMARTS) is 1. The lowest BCUT2D eigenvalue weighted by Crippen LogP contribution is -2.48. The number of amides is 3. The molecule has 1 unspecified atom stereocenters. The Balaban J connectivity index is 1.92. The first-order valence-corrected chi connectivity index (χ1v) is 8.99. The largest absolute Gasteiger partial charge is 0.481 e. The molecule has 0 bridgehead atoms. The van der Waals surface area contributed by atoms with Crippen LogP contribution >= 0.6 is 0 Å². The predicted octanol–water partition coefficient (Wildman–Crippen LogP) is 2.33. The Morgan fingerprint density at radius 2 is 2.08 bits per heavy atom. The van der Waals surface area contributed by atoms with Gasteiger partial charge in [0, 0.05) is 25.3 Å². The number of anilines is 1. The van der Waals surface area contributed by atoms with Gasteiger partial charge in [0.25, 0.3) is 0 Å². The molecule has 0 aromatic heterocycles. The molecule has 0 saturated carbocycles. The number of aliphatic carboxylic acids is 1. The van der Waals surface area contributed by atoms with Crippen molar-refractivity contribution in [1.29, 1.82) is 0 Å². The van der Waals surface area contributed by atoms with Gasteiger partial charge in [-0.1, -0.05) is 26.0 Å². The normalized spacial score (nSPS) is 17.0. The number of nitrogens with one attached hydrogen (secondary N) is 2. The third kappa shape index (κ3) is 6.06. The monoisotopic (exact) mass is 361 g/mol. The molecule has 0 radical (unpaired) electrons. The Morgan fingerprint density at radius 1 is 1.31 bits per heavy atom. The number of hydrogen-bond donors (Lipinski definition) is 3. The average Bonchev–Trinajstić information content (AvgIpc) is 2.59. The van der Waals surface area contributed by atoms with E-state index < -0.39 is 5.97 Å². The number of rotatable bonds is 6. The molecule has 1 aromatic carbocycles. The van der Waals surface area contributed by atoms with Gasteiger partial charge in [-0.3, -0.25) is 9.59 Å². The van der Waals surface area contributed by atoms with E-state index in [9.17, 15) is 14.4 Å². The zero-order valence-corrected chi connectivity index (χ0v) is 15.3.